The summed E-state index contributed by atoms with van der Waals surface area (Å²) in [5.41, 5.74) is 12.8. The van der Waals surface area contributed by atoms with E-state index < -0.39 is 0 Å². The van der Waals surface area contributed by atoms with Crippen molar-refractivity contribution in [3.05, 3.63) is 188 Å². The predicted octanol–water partition coefficient (Wildman–Crippen LogP) is 12.9. The molecule has 10 aromatic rings. The van der Waals surface area contributed by atoms with Crippen molar-refractivity contribution in [2.45, 2.75) is 0 Å². The highest BCUT2D eigenvalue weighted by molar-refractivity contribution is 6.10. The lowest BCUT2D eigenvalue weighted by Crippen LogP contribution is -1.97. The lowest BCUT2D eigenvalue weighted by atomic mass is 9.92. The van der Waals surface area contributed by atoms with Crippen molar-refractivity contribution in [2.75, 3.05) is 0 Å². The highest BCUT2D eigenvalue weighted by Gasteiger charge is 2.17. The molecule has 0 amide bonds. The first-order valence-corrected chi connectivity index (χ1v) is 17.7. The van der Waals surface area contributed by atoms with Crippen LogP contribution in [-0.2, 0) is 0 Å². The molecule has 0 atom stereocenters. The van der Waals surface area contributed by atoms with E-state index in [1.54, 1.807) is 6.20 Å². The number of aromatic nitrogens is 3. The number of fused-ring (bicyclic) bond motifs is 4. The molecule has 10 rings (SSSR count). The summed E-state index contributed by atoms with van der Waals surface area (Å²) in [5.74, 6) is 0.668. The van der Waals surface area contributed by atoms with Crippen LogP contribution in [-0.4, -0.2) is 15.0 Å². The van der Waals surface area contributed by atoms with Crippen molar-refractivity contribution >= 4 is 32.7 Å². The van der Waals surface area contributed by atoms with Crippen LogP contribution < -0.4 is 0 Å². The van der Waals surface area contributed by atoms with E-state index in [0.717, 1.165) is 83.4 Å². The number of furan rings is 1. The normalized spacial score (nSPS) is 11.4. The predicted molar refractivity (Wildman–Crippen MR) is 217 cm³/mol. The van der Waals surface area contributed by atoms with E-state index in [-0.39, 0.29) is 0 Å². The number of pyridine rings is 1. The molecule has 4 heteroatoms. The fraction of sp³-hybridized carbons (Fsp3) is 0. The summed E-state index contributed by atoms with van der Waals surface area (Å²) in [4.78, 5) is 14.8. The van der Waals surface area contributed by atoms with Gasteiger partial charge in [-0.05, 0) is 81.6 Å². The van der Waals surface area contributed by atoms with E-state index in [1.807, 2.05) is 42.6 Å². The third kappa shape index (κ3) is 5.73. The molecule has 3 heterocycles. The lowest BCUT2D eigenvalue weighted by molar-refractivity contribution is 0.670. The Hall–Kier alpha value is -7.17. The zero-order valence-electron chi connectivity index (χ0n) is 28.6. The average molecular weight is 678 g/mol. The largest absolute Gasteiger partial charge is 0.455 e. The Morgan fingerprint density at radius 1 is 0.377 bits per heavy atom. The van der Waals surface area contributed by atoms with Crippen LogP contribution in [0.5, 0.6) is 0 Å². The summed E-state index contributed by atoms with van der Waals surface area (Å²) in [7, 11) is 0. The van der Waals surface area contributed by atoms with Crippen LogP contribution in [0.2, 0.25) is 0 Å². The van der Waals surface area contributed by atoms with Gasteiger partial charge < -0.3 is 4.42 Å². The first-order valence-electron chi connectivity index (χ1n) is 17.7. The first-order chi connectivity index (χ1) is 26.2. The second kappa shape index (κ2) is 12.9. The SMILES string of the molecule is c1ccc(-c2nc(-c3cccc(-c4cccnc4)c3)cc(-c3cc(-c4ccc5ccccc5c4)cc(-c4cccc5c4oc4ccccc45)c3)n2)cc1. The van der Waals surface area contributed by atoms with Gasteiger partial charge >= 0.3 is 0 Å². The van der Waals surface area contributed by atoms with Gasteiger partial charge in [0.25, 0.3) is 0 Å². The summed E-state index contributed by atoms with van der Waals surface area (Å²) >= 11 is 0. The lowest BCUT2D eigenvalue weighted by Gasteiger charge is -2.14. The quantitative estimate of drug-likeness (QED) is 0.176. The molecular weight excluding hydrogens is 647 g/mol. The number of nitrogens with zero attached hydrogens (tertiary/aromatic N) is 3. The van der Waals surface area contributed by atoms with Crippen LogP contribution in [0.4, 0.5) is 0 Å². The molecule has 0 aliphatic heterocycles. The van der Waals surface area contributed by atoms with E-state index in [4.69, 9.17) is 14.4 Å². The minimum absolute atomic E-state index is 0.668. The van der Waals surface area contributed by atoms with Crippen molar-refractivity contribution in [3.8, 4) is 67.3 Å². The topological polar surface area (TPSA) is 51.8 Å². The van der Waals surface area contributed by atoms with Gasteiger partial charge in [0.15, 0.2) is 5.82 Å². The van der Waals surface area contributed by atoms with Crippen molar-refractivity contribution in [1.29, 1.82) is 0 Å². The molecule has 3 aromatic heterocycles. The van der Waals surface area contributed by atoms with Gasteiger partial charge in [0.1, 0.15) is 11.2 Å². The third-order valence-corrected chi connectivity index (χ3v) is 9.94. The van der Waals surface area contributed by atoms with Gasteiger partial charge in [0.2, 0.25) is 0 Å². The minimum Gasteiger partial charge on any atom is -0.455 e. The average Bonchev–Trinajstić information content (AvgIpc) is 3.63. The zero-order valence-corrected chi connectivity index (χ0v) is 28.6. The fourth-order valence-electron chi connectivity index (χ4n) is 7.29. The summed E-state index contributed by atoms with van der Waals surface area (Å²) < 4.78 is 6.56. The molecule has 53 heavy (non-hydrogen) atoms. The Bertz CT molecular complexity index is 2950. The molecule has 248 valence electrons. The van der Waals surface area contributed by atoms with Gasteiger partial charge in [0.05, 0.1) is 11.4 Å². The maximum absolute atomic E-state index is 6.56. The van der Waals surface area contributed by atoms with Gasteiger partial charge in [0, 0.05) is 51.0 Å². The number of hydrogen-bond donors (Lipinski definition) is 0. The number of para-hydroxylation sites is 2. The molecule has 4 nitrogen and oxygen atoms in total. The highest BCUT2D eigenvalue weighted by Crippen LogP contribution is 2.40. The molecule has 0 spiro atoms. The van der Waals surface area contributed by atoms with E-state index in [2.05, 4.69) is 145 Å². The van der Waals surface area contributed by atoms with Gasteiger partial charge in [-0.15, -0.1) is 0 Å². The molecule has 0 saturated heterocycles. The molecule has 0 bridgehead atoms. The van der Waals surface area contributed by atoms with Crippen LogP contribution in [0.1, 0.15) is 0 Å². The Balaban J connectivity index is 1.21. The Kier molecular flexibility index (Phi) is 7.43. The van der Waals surface area contributed by atoms with Crippen LogP contribution in [0.25, 0.3) is 100.0 Å². The molecule has 0 aliphatic carbocycles. The standard InChI is InChI=1S/C49H31N3O/c1-2-12-33(13-3-1)49-51-45(37-16-8-15-35(26-37)38-17-10-24-50-31-38)30-46(52-49)41-28-39(36-23-22-32-11-4-5-14-34(32)25-36)27-40(29-41)42-19-9-20-44-43-18-6-7-21-47(43)53-48(42)44/h1-31H. The molecule has 0 radical (unpaired) electrons. The summed E-state index contributed by atoms with van der Waals surface area (Å²) in [6.45, 7) is 0. The molecule has 0 saturated carbocycles. The molecule has 0 unspecified atom stereocenters. The summed E-state index contributed by atoms with van der Waals surface area (Å²) in [5, 5.41) is 4.61. The van der Waals surface area contributed by atoms with Crippen molar-refractivity contribution in [1.82, 2.24) is 15.0 Å². The van der Waals surface area contributed by atoms with E-state index in [1.165, 1.54) is 10.8 Å². The van der Waals surface area contributed by atoms with Gasteiger partial charge in [-0.25, -0.2) is 9.97 Å². The first kappa shape index (κ1) is 30.6. The fourth-order valence-corrected chi connectivity index (χ4v) is 7.29. The molecule has 0 fully saturated rings. The number of rotatable bonds is 6. The minimum atomic E-state index is 0.668. The highest BCUT2D eigenvalue weighted by atomic mass is 16.3. The van der Waals surface area contributed by atoms with Crippen molar-refractivity contribution in [2.24, 2.45) is 0 Å². The molecular formula is C49H31N3O. The third-order valence-electron chi connectivity index (χ3n) is 9.94. The Morgan fingerprint density at radius 3 is 1.92 bits per heavy atom. The molecule has 0 aliphatic rings. The van der Waals surface area contributed by atoms with Crippen LogP contribution >= 0.6 is 0 Å². The maximum atomic E-state index is 6.56. The second-order valence-corrected chi connectivity index (χ2v) is 13.3. The van der Waals surface area contributed by atoms with E-state index in [0.29, 0.717) is 5.82 Å². The van der Waals surface area contributed by atoms with E-state index in [9.17, 15) is 0 Å². The molecule has 0 N–H and O–H groups in total. The number of benzene rings is 7. The smallest absolute Gasteiger partial charge is 0.160 e. The van der Waals surface area contributed by atoms with Gasteiger partial charge in [-0.3, -0.25) is 4.98 Å². The number of hydrogen-bond acceptors (Lipinski definition) is 4. The Labute approximate surface area is 306 Å². The summed E-state index contributed by atoms with van der Waals surface area (Å²) in [6.07, 6.45) is 3.69. The second-order valence-electron chi connectivity index (χ2n) is 13.3. The van der Waals surface area contributed by atoms with Gasteiger partial charge in [-0.2, -0.15) is 0 Å². The van der Waals surface area contributed by atoms with E-state index >= 15 is 0 Å². The van der Waals surface area contributed by atoms with Crippen LogP contribution in [0.15, 0.2) is 193 Å². The molecule has 7 aromatic carbocycles. The van der Waals surface area contributed by atoms with Crippen LogP contribution in [0, 0.1) is 0 Å². The van der Waals surface area contributed by atoms with Crippen molar-refractivity contribution < 1.29 is 4.42 Å². The van der Waals surface area contributed by atoms with Gasteiger partial charge in [-0.1, -0.05) is 127 Å². The van der Waals surface area contributed by atoms with Crippen LogP contribution in [0.3, 0.4) is 0 Å². The van der Waals surface area contributed by atoms with Crippen molar-refractivity contribution in [3.63, 3.8) is 0 Å². The zero-order chi connectivity index (χ0) is 35.1. The Morgan fingerprint density at radius 2 is 1.04 bits per heavy atom. The maximum Gasteiger partial charge on any atom is 0.160 e. The summed E-state index contributed by atoms with van der Waals surface area (Å²) in [6, 6.07) is 61.4. The monoisotopic (exact) mass is 677 g/mol.